The van der Waals surface area contributed by atoms with Crippen molar-refractivity contribution < 1.29 is 19.1 Å². The molecule has 0 saturated carbocycles. The smallest absolute Gasteiger partial charge is 0.414 e. The molecule has 0 radical (unpaired) electrons. The maximum Gasteiger partial charge on any atom is 0.414 e. The number of fused-ring (bicyclic) bond motifs is 1. The summed E-state index contributed by atoms with van der Waals surface area (Å²) in [4.78, 5) is 38.7. The summed E-state index contributed by atoms with van der Waals surface area (Å²) in [5.74, 6) is 0.173. The van der Waals surface area contributed by atoms with E-state index in [1.165, 1.54) is 11.8 Å². The Labute approximate surface area is 184 Å². The van der Waals surface area contributed by atoms with E-state index >= 15 is 0 Å². The number of anilines is 3. The monoisotopic (exact) mass is 440 g/mol. The zero-order chi connectivity index (χ0) is 21.8. The lowest BCUT2D eigenvalue weighted by molar-refractivity contribution is -0.113. The van der Waals surface area contributed by atoms with Crippen LogP contribution in [0.5, 0.6) is 0 Å². The van der Waals surface area contributed by atoms with Gasteiger partial charge in [-0.05, 0) is 49.6 Å². The molecule has 0 aromatic heterocycles. The summed E-state index contributed by atoms with van der Waals surface area (Å²) in [5.41, 5.74) is 8.19. The molecule has 2 aliphatic rings. The number of carbonyl (C=O) groups is 3. The highest BCUT2D eigenvalue weighted by Crippen LogP contribution is 2.35. The number of hydrogen-bond donors (Lipinski definition) is 3. The maximum absolute atomic E-state index is 12.3. The van der Waals surface area contributed by atoms with Crippen molar-refractivity contribution in [2.24, 2.45) is 0 Å². The van der Waals surface area contributed by atoms with Gasteiger partial charge in [0.2, 0.25) is 5.91 Å². The number of ether oxygens (including phenoxy) is 1. The molecule has 162 valence electrons. The standard InChI is InChI=1S/C22H24N4O4S/c23-17-7-2-1-6-16(17)21(28)24-10-4-3-5-15-12-26(22(29)30-15)14-8-9-19-18(11-14)25-20(27)13-31-19/h1-2,6-9,11,15H,3-5,10,12-13,23H2,(H,24,28)(H,25,27). The molecule has 1 fully saturated rings. The molecule has 2 aromatic rings. The van der Waals surface area contributed by atoms with Crippen LogP contribution in [-0.4, -0.2) is 42.9 Å². The molecule has 0 aliphatic carbocycles. The van der Waals surface area contributed by atoms with Crippen LogP contribution in [0.2, 0.25) is 0 Å². The number of unbranched alkanes of at least 4 members (excludes halogenated alkanes) is 1. The van der Waals surface area contributed by atoms with Gasteiger partial charge in [-0.2, -0.15) is 0 Å². The van der Waals surface area contributed by atoms with Crippen molar-refractivity contribution in [2.75, 3.05) is 34.8 Å². The highest BCUT2D eigenvalue weighted by Gasteiger charge is 2.32. The number of hydrogen-bond acceptors (Lipinski definition) is 6. The first-order chi connectivity index (χ1) is 15.0. The van der Waals surface area contributed by atoms with Crippen molar-refractivity contribution in [1.82, 2.24) is 5.32 Å². The molecule has 31 heavy (non-hydrogen) atoms. The lowest BCUT2D eigenvalue weighted by Crippen LogP contribution is -2.26. The number of nitrogens with zero attached hydrogens (tertiary/aromatic N) is 1. The van der Waals surface area contributed by atoms with E-state index in [1.54, 1.807) is 29.2 Å². The van der Waals surface area contributed by atoms with Crippen LogP contribution in [0.3, 0.4) is 0 Å². The van der Waals surface area contributed by atoms with E-state index in [9.17, 15) is 14.4 Å². The normalized spacial score (nSPS) is 17.7. The summed E-state index contributed by atoms with van der Waals surface area (Å²) < 4.78 is 5.50. The van der Waals surface area contributed by atoms with Gasteiger partial charge in [0.15, 0.2) is 0 Å². The third kappa shape index (κ3) is 4.93. The molecule has 1 atom stereocenters. The van der Waals surface area contributed by atoms with Crippen LogP contribution in [-0.2, 0) is 9.53 Å². The minimum atomic E-state index is -0.382. The summed E-state index contributed by atoms with van der Waals surface area (Å²) in [6.07, 6.45) is 1.71. The van der Waals surface area contributed by atoms with Crippen molar-refractivity contribution >= 4 is 46.7 Å². The molecule has 4 N–H and O–H groups in total. The third-order valence-corrected chi connectivity index (χ3v) is 6.30. The fraction of sp³-hybridized carbons (Fsp3) is 0.318. The van der Waals surface area contributed by atoms with Crippen LogP contribution >= 0.6 is 11.8 Å². The number of benzene rings is 2. The first kappa shape index (κ1) is 21.0. The molecule has 4 rings (SSSR count). The van der Waals surface area contributed by atoms with Crippen molar-refractivity contribution in [2.45, 2.75) is 30.3 Å². The lowest BCUT2D eigenvalue weighted by atomic mass is 10.1. The van der Waals surface area contributed by atoms with Crippen LogP contribution in [0, 0.1) is 0 Å². The van der Waals surface area contributed by atoms with Gasteiger partial charge in [0, 0.05) is 22.8 Å². The van der Waals surface area contributed by atoms with Crippen molar-refractivity contribution in [3.8, 4) is 0 Å². The number of nitrogen functional groups attached to an aromatic ring is 1. The Morgan fingerprint density at radius 2 is 2.06 bits per heavy atom. The molecule has 9 heteroatoms. The second-order valence-corrected chi connectivity index (χ2v) is 8.49. The Morgan fingerprint density at radius 3 is 2.90 bits per heavy atom. The molecule has 1 unspecified atom stereocenters. The number of thioether (sulfide) groups is 1. The molecule has 0 spiro atoms. The van der Waals surface area contributed by atoms with E-state index in [1.807, 2.05) is 18.2 Å². The first-order valence-electron chi connectivity index (χ1n) is 10.2. The summed E-state index contributed by atoms with van der Waals surface area (Å²) in [6.45, 7) is 0.991. The summed E-state index contributed by atoms with van der Waals surface area (Å²) >= 11 is 1.48. The van der Waals surface area contributed by atoms with E-state index in [4.69, 9.17) is 10.5 Å². The molecule has 2 heterocycles. The molecule has 2 aliphatic heterocycles. The topological polar surface area (TPSA) is 114 Å². The van der Waals surface area contributed by atoms with E-state index in [2.05, 4.69) is 10.6 Å². The number of nitrogens with one attached hydrogen (secondary N) is 2. The Balaban J connectivity index is 1.23. The van der Waals surface area contributed by atoms with Crippen molar-refractivity contribution in [3.63, 3.8) is 0 Å². The Hall–Kier alpha value is -3.20. The quantitative estimate of drug-likeness (QED) is 0.450. The average molecular weight is 441 g/mol. The number of rotatable bonds is 7. The molecule has 0 bridgehead atoms. The van der Waals surface area contributed by atoms with Crippen LogP contribution in [0.15, 0.2) is 47.4 Å². The van der Waals surface area contributed by atoms with E-state index in [0.29, 0.717) is 42.2 Å². The van der Waals surface area contributed by atoms with Gasteiger partial charge < -0.3 is 21.1 Å². The summed E-state index contributed by atoms with van der Waals surface area (Å²) in [5, 5.41) is 5.71. The SMILES string of the molecule is Nc1ccccc1C(=O)NCCCCC1CN(c2ccc3c(c2)NC(=O)CS3)C(=O)O1. The number of amides is 3. The van der Waals surface area contributed by atoms with E-state index in [0.717, 1.165) is 23.4 Å². The Kier molecular flexibility index (Phi) is 6.31. The van der Waals surface area contributed by atoms with Crippen LogP contribution in [0.4, 0.5) is 21.9 Å². The minimum Gasteiger partial charge on any atom is -0.444 e. The number of nitrogens with two attached hydrogens (primary N) is 1. The molecule has 8 nitrogen and oxygen atoms in total. The minimum absolute atomic E-state index is 0.0430. The summed E-state index contributed by atoms with van der Waals surface area (Å²) in [6, 6.07) is 12.6. The maximum atomic E-state index is 12.3. The number of cyclic esters (lactones) is 1. The number of carbonyl (C=O) groups excluding carboxylic acids is 3. The average Bonchev–Trinajstić information content (AvgIpc) is 3.13. The van der Waals surface area contributed by atoms with Crippen LogP contribution < -0.4 is 21.3 Å². The molecule has 1 saturated heterocycles. The van der Waals surface area contributed by atoms with Crippen LogP contribution in [0.25, 0.3) is 0 Å². The molecule has 3 amide bonds. The van der Waals surface area contributed by atoms with Gasteiger partial charge in [-0.3, -0.25) is 14.5 Å². The van der Waals surface area contributed by atoms with E-state index in [-0.39, 0.29) is 24.0 Å². The van der Waals surface area contributed by atoms with Crippen molar-refractivity contribution in [1.29, 1.82) is 0 Å². The second-order valence-electron chi connectivity index (χ2n) is 7.47. The van der Waals surface area contributed by atoms with Gasteiger partial charge in [-0.15, -0.1) is 11.8 Å². The molecule has 2 aromatic carbocycles. The molecular formula is C22H24N4O4S. The van der Waals surface area contributed by atoms with E-state index < -0.39 is 0 Å². The Morgan fingerprint density at radius 1 is 1.23 bits per heavy atom. The zero-order valence-electron chi connectivity index (χ0n) is 16.9. The molecular weight excluding hydrogens is 416 g/mol. The first-order valence-corrected chi connectivity index (χ1v) is 11.2. The van der Waals surface area contributed by atoms with Gasteiger partial charge in [-0.25, -0.2) is 4.79 Å². The fourth-order valence-corrected chi connectivity index (χ4v) is 4.41. The van der Waals surface area contributed by atoms with Gasteiger partial charge in [0.25, 0.3) is 5.91 Å². The van der Waals surface area contributed by atoms with Crippen LogP contribution in [0.1, 0.15) is 29.6 Å². The largest absolute Gasteiger partial charge is 0.444 e. The fourth-order valence-electron chi connectivity index (χ4n) is 3.62. The highest BCUT2D eigenvalue weighted by molar-refractivity contribution is 8.00. The van der Waals surface area contributed by atoms with Gasteiger partial charge in [-0.1, -0.05) is 12.1 Å². The predicted octanol–water partition coefficient (Wildman–Crippen LogP) is 3.24. The van der Waals surface area contributed by atoms with Gasteiger partial charge in [0.05, 0.1) is 23.5 Å². The third-order valence-electron chi connectivity index (χ3n) is 5.23. The van der Waals surface area contributed by atoms with Gasteiger partial charge >= 0.3 is 6.09 Å². The van der Waals surface area contributed by atoms with Gasteiger partial charge in [0.1, 0.15) is 6.10 Å². The summed E-state index contributed by atoms with van der Waals surface area (Å²) in [7, 11) is 0. The van der Waals surface area contributed by atoms with Crippen molar-refractivity contribution in [3.05, 3.63) is 48.0 Å². The number of para-hydroxylation sites is 1. The highest BCUT2D eigenvalue weighted by atomic mass is 32.2. The predicted molar refractivity (Wildman–Crippen MR) is 120 cm³/mol. The Bertz CT molecular complexity index is 1010. The lowest BCUT2D eigenvalue weighted by Gasteiger charge is -2.19. The second kappa shape index (κ2) is 9.30. The zero-order valence-corrected chi connectivity index (χ0v) is 17.7.